The van der Waals surface area contributed by atoms with Gasteiger partial charge in [0.2, 0.25) is 0 Å². The van der Waals surface area contributed by atoms with E-state index in [1.165, 1.54) is 18.3 Å². The third-order valence-corrected chi connectivity index (χ3v) is 3.44. The molecule has 1 amide bonds. The van der Waals surface area contributed by atoms with Crippen LogP contribution in [0, 0.1) is 18.3 Å². The number of aromatic hydroxyl groups is 1. The maximum absolute atomic E-state index is 12.2. The van der Waals surface area contributed by atoms with Gasteiger partial charge in [0.15, 0.2) is 0 Å². The van der Waals surface area contributed by atoms with Crippen molar-refractivity contribution >= 4 is 34.6 Å². The number of amides is 1. The molecule has 0 heterocycles. The molecule has 0 saturated heterocycles. The number of carbonyl (C=O) groups excluding carboxylic acids is 1. The fraction of sp³-hybridized carbons (Fsp3) is 0.0588. The molecule has 0 unspecified atom stereocenters. The second kappa shape index (κ2) is 7.40. The normalized spacial score (nSPS) is 10.8. The number of halogens is 1. The lowest BCUT2D eigenvalue weighted by molar-refractivity contribution is -0.112. The first kappa shape index (κ1) is 17.2. The number of nitrogen functional groups attached to an aromatic ring is 1. The largest absolute Gasteiger partial charge is 0.506 e. The summed E-state index contributed by atoms with van der Waals surface area (Å²) in [6.45, 7) is 1.86. The van der Waals surface area contributed by atoms with Gasteiger partial charge in [-0.3, -0.25) is 4.79 Å². The van der Waals surface area contributed by atoms with E-state index in [0.29, 0.717) is 17.1 Å². The molecule has 7 heteroatoms. The van der Waals surface area contributed by atoms with Gasteiger partial charge in [0.1, 0.15) is 17.4 Å². The van der Waals surface area contributed by atoms with Crippen molar-refractivity contribution in [3.05, 3.63) is 58.8 Å². The molecule has 122 valence electrons. The molecule has 6 nitrogen and oxygen atoms in total. The molecule has 0 aliphatic heterocycles. The first-order chi connectivity index (χ1) is 11.4. The molecule has 0 aliphatic rings. The van der Waals surface area contributed by atoms with Crippen LogP contribution in [0.25, 0.3) is 0 Å². The number of nitriles is 1. The minimum absolute atomic E-state index is 0.0103. The van der Waals surface area contributed by atoms with Crippen LogP contribution in [-0.2, 0) is 4.79 Å². The van der Waals surface area contributed by atoms with Crippen LogP contribution in [0.15, 0.2) is 48.2 Å². The van der Waals surface area contributed by atoms with E-state index in [2.05, 4.69) is 10.6 Å². The maximum atomic E-state index is 12.2. The van der Waals surface area contributed by atoms with E-state index in [1.54, 1.807) is 30.3 Å². The standard InChI is InChI=1S/C17H15ClN4O2/c1-10-2-5-16(23)15(6-10)21-9-11(8-19)17(24)22-14-4-3-12(20)7-13(14)18/h2-7,9,21,23H,20H2,1H3,(H,22,24)/b11-9-. The van der Waals surface area contributed by atoms with Gasteiger partial charge in [0, 0.05) is 11.9 Å². The number of nitrogens with one attached hydrogen (secondary N) is 2. The fourth-order valence-electron chi connectivity index (χ4n) is 1.89. The molecule has 0 radical (unpaired) electrons. The van der Waals surface area contributed by atoms with Crippen LogP contribution in [0.1, 0.15) is 5.56 Å². The van der Waals surface area contributed by atoms with Gasteiger partial charge < -0.3 is 21.5 Å². The highest BCUT2D eigenvalue weighted by Crippen LogP contribution is 2.25. The van der Waals surface area contributed by atoms with Crippen molar-refractivity contribution in [2.45, 2.75) is 6.92 Å². The third-order valence-electron chi connectivity index (χ3n) is 3.13. The Labute approximate surface area is 144 Å². The predicted molar refractivity (Wildman–Crippen MR) is 94.7 cm³/mol. The molecule has 0 spiro atoms. The number of nitrogens with two attached hydrogens (primary N) is 1. The number of phenolic OH excluding ortho intramolecular Hbond substituents is 1. The Bertz CT molecular complexity index is 856. The summed E-state index contributed by atoms with van der Waals surface area (Å²) >= 11 is 5.99. The zero-order chi connectivity index (χ0) is 17.7. The van der Waals surface area contributed by atoms with E-state index in [1.807, 2.05) is 6.92 Å². The Morgan fingerprint density at radius 2 is 2.04 bits per heavy atom. The summed E-state index contributed by atoms with van der Waals surface area (Å²) in [6, 6.07) is 11.4. The number of nitrogens with zero attached hydrogens (tertiary/aromatic N) is 1. The molecule has 0 aliphatic carbocycles. The number of anilines is 3. The summed E-state index contributed by atoms with van der Waals surface area (Å²) in [5.74, 6) is -0.625. The van der Waals surface area contributed by atoms with E-state index >= 15 is 0 Å². The number of hydrogen-bond acceptors (Lipinski definition) is 5. The van der Waals surface area contributed by atoms with Crippen LogP contribution < -0.4 is 16.4 Å². The smallest absolute Gasteiger partial charge is 0.267 e. The van der Waals surface area contributed by atoms with E-state index in [0.717, 1.165) is 5.56 Å². The Morgan fingerprint density at radius 1 is 1.29 bits per heavy atom. The SMILES string of the molecule is Cc1ccc(O)c(N/C=C(/C#N)C(=O)Nc2ccc(N)cc2Cl)c1. The number of benzene rings is 2. The van der Waals surface area contributed by atoms with Gasteiger partial charge >= 0.3 is 0 Å². The van der Waals surface area contributed by atoms with Crippen LogP contribution in [0.3, 0.4) is 0 Å². The monoisotopic (exact) mass is 342 g/mol. The second-order valence-corrected chi connectivity index (χ2v) is 5.44. The van der Waals surface area contributed by atoms with Crippen LogP contribution in [0.4, 0.5) is 17.1 Å². The fourth-order valence-corrected chi connectivity index (χ4v) is 2.12. The molecule has 2 rings (SSSR count). The van der Waals surface area contributed by atoms with Gasteiger partial charge in [0.05, 0.1) is 16.4 Å². The second-order valence-electron chi connectivity index (χ2n) is 5.03. The highest BCUT2D eigenvalue weighted by atomic mass is 35.5. The summed E-state index contributed by atoms with van der Waals surface area (Å²) in [5.41, 5.74) is 7.52. The van der Waals surface area contributed by atoms with Crippen LogP contribution in [0.2, 0.25) is 5.02 Å². The summed E-state index contributed by atoms with van der Waals surface area (Å²) in [7, 11) is 0. The highest BCUT2D eigenvalue weighted by Gasteiger charge is 2.12. The van der Waals surface area contributed by atoms with Crippen molar-refractivity contribution < 1.29 is 9.90 Å². The molecule has 0 aromatic heterocycles. The van der Waals surface area contributed by atoms with E-state index < -0.39 is 5.91 Å². The molecule has 0 fully saturated rings. The van der Waals surface area contributed by atoms with Gasteiger partial charge in [-0.25, -0.2) is 0 Å². The van der Waals surface area contributed by atoms with E-state index in [-0.39, 0.29) is 16.3 Å². The lowest BCUT2D eigenvalue weighted by Crippen LogP contribution is -2.15. The average Bonchev–Trinajstić information content (AvgIpc) is 2.54. The van der Waals surface area contributed by atoms with Crippen molar-refractivity contribution in [1.82, 2.24) is 0 Å². The van der Waals surface area contributed by atoms with Crippen molar-refractivity contribution in [2.24, 2.45) is 0 Å². The summed E-state index contributed by atoms with van der Waals surface area (Å²) in [5, 5.41) is 24.5. The molecule has 0 bridgehead atoms. The molecule has 0 atom stereocenters. The first-order valence-electron chi connectivity index (χ1n) is 6.93. The molecule has 5 N–H and O–H groups in total. The zero-order valence-corrected chi connectivity index (χ0v) is 13.6. The Kier molecular flexibility index (Phi) is 5.30. The lowest BCUT2D eigenvalue weighted by atomic mass is 10.2. The Hall–Kier alpha value is -3.17. The van der Waals surface area contributed by atoms with Gasteiger partial charge in [0.25, 0.3) is 5.91 Å². The number of aryl methyl sites for hydroxylation is 1. The minimum Gasteiger partial charge on any atom is -0.506 e. The van der Waals surface area contributed by atoms with E-state index in [4.69, 9.17) is 22.6 Å². The third kappa shape index (κ3) is 4.18. The van der Waals surface area contributed by atoms with Crippen LogP contribution >= 0.6 is 11.6 Å². The number of rotatable bonds is 4. The minimum atomic E-state index is -0.635. The Balaban J connectivity index is 2.16. The molecule has 24 heavy (non-hydrogen) atoms. The molecule has 2 aromatic rings. The molecular weight excluding hydrogens is 328 g/mol. The summed E-state index contributed by atoms with van der Waals surface area (Å²) in [6.07, 6.45) is 1.22. The first-order valence-corrected chi connectivity index (χ1v) is 7.31. The van der Waals surface area contributed by atoms with Crippen molar-refractivity contribution in [2.75, 3.05) is 16.4 Å². The maximum Gasteiger partial charge on any atom is 0.267 e. The predicted octanol–water partition coefficient (Wildman–Crippen LogP) is 3.39. The zero-order valence-electron chi connectivity index (χ0n) is 12.8. The van der Waals surface area contributed by atoms with Crippen LogP contribution in [-0.4, -0.2) is 11.0 Å². The topological polar surface area (TPSA) is 111 Å². The number of carbonyl (C=O) groups is 1. The van der Waals surface area contributed by atoms with Gasteiger partial charge in [-0.1, -0.05) is 17.7 Å². The number of phenols is 1. The van der Waals surface area contributed by atoms with Crippen LogP contribution in [0.5, 0.6) is 5.75 Å². The average molecular weight is 343 g/mol. The highest BCUT2D eigenvalue weighted by molar-refractivity contribution is 6.34. The van der Waals surface area contributed by atoms with Crippen molar-refractivity contribution in [1.29, 1.82) is 5.26 Å². The Morgan fingerprint density at radius 3 is 2.71 bits per heavy atom. The van der Waals surface area contributed by atoms with Crippen molar-refractivity contribution in [3.63, 3.8) is 0 Å². The molecular formula is C17H15ClN4O2. The van der Waals surface area contributed by atoms with Gasteiger partial charge in [-0.2, -0.15) is 5.26 Å². The van der Waals surface area contributed by atoms with Gasteiger partial charge in [-0.05, 0) is 42.8 Å². The quantitative estimate of drug-likeness (QED) is 0.294. The van der Waals surface area contributed by atoms with E-state index in [9.17, 15) is 9.90 Å². The van der Waals surface area contributed by atoms with Crippen molar-refractivity contribution in [3.8, 4) is 11.8 Å². The molecule has 0 saturated carbocycles. The number of hydrogen-bond donors (Lipinski definition) is 4. The molecule has 2 aromatic carbocycles. The summed E-state index contributed by atoms with van der Waals surface area (Å²) < 4.78 is 0. The van der Waals surface area contributed by atoms with Gasteiger partial charge in [-0.15, -0.1) is 0 Å². The lowest BCUT2D eigenvalue weighted by Gasteiger charge is -2.08. The summed E-state index contributed by atoms with van der Waals surface area (Å²) in [4.78, 5) is 12.2.